The lowest BCUT2D eigenvalue weighted by Gasteiger charge is -2.06. The molecule has 0 N–H and O–H groups in total. The molecule has 0 saturated carbocycles. The van der Waals surface area contributed by atoms with Gasteiger partial charge >= 0.3 is 0 Å². The number of carbonyl (C=O) groups excluding carboxylic acids is 1. The first-order chi connectivity index (χ1) is 15.6. The third-order valence-corrected chi connectivity index (χ3v) is 7.63. The number of pyridine rings is 1. The lowest BCUT2D eigenvalue weighted by Crippen LogP contribution is -2.17. The number of nitrogens with zero attached hydrogens (tertiary/aromatic N) is 3. The minimum absolute atomic E-state index is 0.212. The van der Waals surface area contributed by atoms with E-state index in [1.165, 1.54) is 11.3 Å². The van der Waals surface area contributed by atoms with Crippen LogP contribution in [0.2, 0.25) is 10.0 Å². The molecule has 3 heterocycles. The van der Waals surface area contributed by atoms with Crippen LogP contribution in [0.1, 0.15) is 10.4 Å². The van der Waals surface area contributed by atoms with E-state index in [0.29, 0.717) is 25.9 Å². The van der Waals surface area contributed by atoms with Crippen LogP contribution >= 0.6 is 45.9 Å². The number of hydrogen-bond donors (Lipinski definition) is 0. The number of terminal acetylenes is 1. The van der Waals surface area contributed by atoms with Crippen molar-refractivity contribution in [2.75, 3.05) is 0 Å². The highest BCUT2D eigenvalue weighted by atomic mass is 35.5. The molecule has 3 aromatic heterocycles. The highest BCUT2D eigenvalue weighted by Crippen LogP contribution is 2.32. The van der Waals surface area contributed by atoms with Gasteiger partial charge in [0.05, 0.1) is 48.5 Å². The second-order valence-corrected chi connectivity index (χ2v) is 9.59. The fourth-order valence-corrected chi connectivity index (χ4v) is 5.67. The molecular formula is C24H13Cl2N3OS2. The first kappa shape index (κ1) is 20.9. The van der Waals surface area contributed by atoms with Gasteiger partial charge in [0.25, 0.3) is 5.91 Å². The van der Waals surface area contributed by atoms with E-state index in [0.717, 1.165) is 26.2 Å². The number of thiophene rings is 1. The second kappa shape index (κ2) is 8.53. The number of thiazole rings is 1. The Bertz CT molecular complexity index is 1610. The third kappa shape index (κ3) is 3.64. The SMILES string of the molecule is C#CCn1c(=NC(=O)c2cc(-c3cccs3)nc3ccccc23)sc2ccc(Cl)c(Cl)c21. The smallest absolute Gasteiger partial charge is 0.280 e. The van der Waals surface area contributed by atoms with Gasteiger partial charge in [0.2, 0.25) is 0 Å². The molecule has 0 aliphatic rings. The van der Waals surface area contributed by atoms with Crippen molar-refractivity contribution in [3.8, 4) is 22.9 Å². The van der Waals surface area contributed by atoms with Crippen LogP contribution in [0.15, 0.2) is 65.0 Å². The van der Waals surface area contributed by atoms with Crippen LogP contribution in [0, 0.1) is 12.3 Å². The Labute approximate surface area is 201 Å². The van der Waals surface area contributed by atoms with Crippen LogP contribution in [0.5, 0.6) is 0 Å². The summed E-state index contributed by atoms with van der Waals surface area (Å²) in [7, 11) is 0. The first-order valence-corrected chi connectivity index (χ1v) is 12.0. The second-order valence-electron chi connectivity index (χ2n) is 6.85. The Morgan fingerprint density at radius 2 is 2.00 bits per heavy atom. The molecule has 0 aliphatic heterocycles. The Hall–Kier alpha value is -2.95. The summed E-state index contributed by atoms with van der Waals surface area (Å²) in [4.78, 5) is 24.0. The van der Waals surface area contributed by atoms with Crippen LogP contribution in [0.3, 0.4) is 0 Å². The maximum absolute atomic E-state index is 13.4. The zero-order chi connectivity index (χ0) is 22.2. The standard InChI is InChI=1S/C24H13Cl2N3OS2/c1-2-11-29-22-20(10-9-16(25)21(22)26)32-24(29)28-23(30)15-13-18(19-8-5-12-31-19)27-17-7-4-3-6-14(15)17/h1,3-10,12-13H,11H2. The summed E-state index contributed by atoms with van der Waals surface area (Å²) in [6.07, 6.45) is 5.58. The molecule has 0 saturated heterocycles. The fourth-order valence-electron chi connectivity index (χ4n) is 3.48. The van der Waals surface area contributed by atoms with Crippen LogP contribution in [-0.2, 0) is 6.54 Å². The molecule has 0 radical (unpaired) electrons. The zero-order valence-electron chi connectivity index (χ0n) is 16.4. The zero-order valence-corrected chi connectivity index (χ0v) is 19.5. The van der Waals surface area contributed by atoms with E-state index >= 15 is 0 Å². The molecular weight excluding hydrogens is 481 g/mol. The van der Waals surface area contributed by atoms with E-state index in [9.17, 15) is 4.79 Å². The van der Waals surface area contributed by atoms with Crippen molar-refractivity contribution in [1.82, 2.24) is 9.55 Å². The van der Waals surface area contributed by atoms with Gasteiger partial charge in [0.15, 0.2) is 4.80 Å². The molecule has 0 spiro atoms. The van der Waals surface area contributed by atoms with Crippen LogP contribution in [0.25, 0.3) is 31.7 Å². The molecule has 0 bridgehead atoms. The predicted octanol–water partition coefficient (Wildman–Crippen LogP) is 6.66. The summed E-state index contributed by atoms with van der Waals surface area (Å²) < 4.78 is 2.59. The number of aromatic nitrogens is 2. The van der Waals surface area contributed by atoms with E-state index in [1.807, 2.05) is 47.8 Å². The van der Waals surface area contributed by atoms with Crippen molar-refractivity contribution >= 4 is 72.9 Å². The Kier molecular flexibility index (Phi) is 5.58. The van der Waals surface area contributed by atoms with Gasteiger partial charge in [-0.05, 0) is 35.7 Å². The van der Waals surface area contributed by atoms with E-state index < -0.39 is 0 Å². The van der Waals surface area contributed by atoms with E-state index in [1.54, 1.807) is 28.0 Å². The molecule has 5 aromatic rings. The molecule has 0 aliphatic carbocycles. The number of hydrogen-bond acceptors (Lipinski definition) is 4. The Morgan fingerprint density at radius 3 is 2.78 bits per heavy atom. The van der Waals surface area contributed by atoms with Crippen molar-refractivity contribution in [3.63, 3.8) is 0 Å². The maximum Gasteiger partial charge on any atom is 0.280 e. The number of halogens is 2. The van der Waals surface area contributed by atoms with Gasteiger partial charge in [0.1, 0.15) is 0 Å². The van der Waals surface area contributed by atoms with Crippen molar-refractivity contribution in [3.05, 3.63) is 80.4 Å². The number of benzene rings is 2. The van der Waals surface area contributed by atoms with Crippen molar-refractivity contribution in [1.29, 1.82) is 0 Å². The lowest BCUT2D eigenvalue weighted by molar-refractivity contribution is 0.0999. The Balaban J connectivity index is 1.74. The normalized spacial score (nSPS) is 11.8. The maximum atomic E-state index is 13.4. The van der Waals surface area contributed by atoms with E-state index in [-0.39, 0.29) is 12.5 Å². The number of fused-ring (bicyclic) bond motifs is 2. The largest absolute Gasteiger partial charge is 0.303 e. The van der Waals surface area contributed by atoms with Gasteiger partial charge in [-0.3, -0.25) is 4.79 Å². The minimum atomic E-state index is -0.374. The molecule has 8 heteroatoms. The van der Waals surface area contributed by atoms with Crippen LogP contribution in [0.4, 0.5) is 0 Å². The molecule has 1 amide bonds. The number of para-hydroxylation sites is 1. The summed E-state index contributed by atoms with van der Waals surface area (Å²) in [5.41, 5.74) is 2.62. The summed E-state index contributed by atoms with van der Waals surface area (Å²) in [5, 5.41) is 3.53. The Morgan fingerprint density at radius 1 is 1.16 bits per heavy atom. The molecule has 2 aromatic carbocycles. The molecule has 4 nitrogen and oxygen atoms in total. The summed E-state index contributed by atoms with van der Waals surface area (Å²) in [6.45, 7) is 0.212. The van der Waals surface area contributed by atoms with Gasteiger partial charge in [-0.1, -0.05) is 64.7 Å². The number of carbonyl (C=O) groups is 1. The lowest BCUT2D eigenvalue weighted by atomic mass is 10.1. The predicted molar refractivity (Wildman–Crippen MR) is 134 cm³/mol. The van der Waals surface area contributed by atoms with Crippen molar-refractivity contribution in [2.45, 2.75) is 6.54 Å². The highest BCUT2D eigenvalue weighted by molar-refractivity contribution is 7.16. The molecule has 0 atom stereocenters. The van der Waals surface area contributed by atoms with E-state index in [2.05, 4.69) is 10.9 Å². The van der Waals surface area contributed by atoms with Gasteiger partial charge in [-0.2, -0.15) is 4.99 Å². The van der Waals surface area contributed by atoms with Crippen molar-refractivity contribution < 1.29 is 4.79 Å². The van der Waals surface area contributed by atoms with Crippen LogP contribution in [-0.4, -0.2) is 15.5 Å². The van der Waals surface area contributed by atoms with Gasteiger partial charge in [-0.15, -0.1) is 17.8 Å². The molecule has 156 valence electrons. The fraction of sp³-hybridized carbons (Fsp3) is 0.0417. The molecule has 0 unspecified atom stereocenters. The van der Waals surface area contributed by atoms with Crippen LogP contribution < -0.4 is 4.80 Å². The number of amides is 1. The van der Waals surface area contributed by atoms with Gasteiger partial charge in [0, 0.05) is 5.39 Å². The average Bonchev–Trinajstić information content (AvgIpc) is 3.45. The monoisotopic (exact) mass is 493 g/mol. The summed E-state index contributed by atoms with van der Waals surface area (Å²) >= 11 is 15.6. The average molecular weight is 494 g/mol. The molecule has 5 rings (SSSR count). The first-order valence-electron chi connectivity index (χ1n) is 9.50. The molecule has 32 heavy (non-hydrogen) atoms. The topological polar surface area (TPSA) is 47.2 Å². The molecule has 0 fully saturated rings. The highest BCUT2D eigenvalue weighted by Gasteiger charge is 2.16. The van der Waals surface area contributed by atoms with E-state index in [4.69, 9.17) is 34.6 Å². The third-order valence-electron chi connectivity index (χ3n) is 4.90. The van der Waals surface area contributed by atoms with Gasteiger partial charge in [-0.25, -0.2) is 4.98 Å². The number of rotatable bonds is 3. The summed E-state index contributed by atoms with van der Waals surface area (Å²) in [6, 6.07) is 16.8. The van der Waals surface area contributed by atoms with Crippen molar-refractivity contribution in [2.24, 2.45) is 4.99 Å². The summed E-state index contributed by atoms with van der Waals surface area (Å²) in [5.74, 6) is 2.23. The van der Waals surface area contributed by atoms with Gasteiger partial charge < -0.3 is 4.57 Å². The quantitative estimate of drug-likeness (QED) is 0.263. The minimum Gasteiger partial charge on any atom is -0.303 e.